The van der Waals surface area contributed by atoms with Gasteiger partial charge in [-0.05, 0) is 25.1 Å². The van der Waals surface area contributed by atoms with E-state index in [-0.39, 0.29) is 0 Å². The molecule has 0 atom stereocenters. The highest BCUT2D eigenvalue weighted by atomic mass is 35.5. The van der Waals surface area contributed by atoms with Crippen LogP contribution >= 0.6 is 11.6 Å². The highest BCUT2D eigenvalue weighted by molar-refractivity contribution is 6.29. The fourth-order valence-electron chi connectivity index (χ4n) is 2.00. The van der Waals surface area contributed by atoms with Gasteiger partial charge in [-0.3, -0.25) is 0 Å². The summed E-state index contributed by atoms with van der Waals surface area (Å²) < 4.78 is 11.3. The summed E-state index contributed by atoms with van der Waals surface area (Å²) in [5.74, 6) is 2.18. The number of aryl methyl sites for hydroxylation is 1. The molecule has 0 bridgehead atoms. The van der Waals surface area contributed by atoms with Gasteiger partial charge in [-0.2, -0.15) is 0 Å². The van der Waals surface area contributed by atoms with Crippen LogP contribution in [-0.2, 0) is 0 Å². The Balaban J connectivity index is 2.03. The van der Waals surface area contributed by atoms with Crippen molar-refractivity contribution < 1.29 is 9.47 Å². The fourth-order valence-corrected chi connectivity index (χ4v) is 2.23. The Bertz CT molecular complexity index is 596. The molecule has 0 saturated carbocycles. The van der Waals surface area contributed by atoms with Crippen molar-refractivity contribution in [3.05, 3.63) is 35.2 Å². The molecule has 0 amide bonds. The van der Waals surface area contributed by atoms with Crippen LogP contribution in [0.15, 0.2) is 24.3 Å². The highest BCUT2D eigenvalue weighted by Crippen LogP contribution is 2.34. The molecule has 1 aromatic carbocycles. The number of rotatable bonds is 1. The van der Waals surface area contributed by atoms with Crippen LogP contribution < -0.4 is 9.47 Å². The van der Waals surface area contributed by atoms with Crippen molar-refractivity contribution in [2.75, 3.05) is 13.2 Å². The van der Waals surface area contributed by atoms with E-state index in [9.17, 15) is 0 Å². The van der Waals surface area contributed by atoms with E-state index in [1.165, 1.54) is 0 Å². The number of fused-ring (bicyclic) bond motifs is 1. The molecule has 19 heavy (non-hydrogen) atoms. The lowest BCUT2D eigenvalue weighted by atomic mass is 10.1. The van der Waals surface area contributed by atoms with Gasteiger partial charge in [-0.25, -0.2) is 9.97 Å². The molecule has 0 aliphatic carbocycles. The molecule has 0 radical (unpaired) electrons. The molecule has 1 aliphatic heterocycles. The van der Waals surface area contributed by atoms with Gasteiger partial charge in [0, 0.05) is 18.1 Å². The quantitative estimate of drug-likeness (QED) is 0.750. The molecule has 0 unspecified atom stereocenters. The third-order valence-electron chi connectivity index (χ3n) is 2.85. The Kier molecular flexibility index (Phi) is 3.25. The van der Waals surface area contributed by atoms with Crippen LogP contribution in [0.25, 0.3) is 11.3 Å². The minimum Gasteiger partial charge on any atom is -0.490 e. The van der Waals surface area contributed by atoms with Gasteiger partial charge in [0.05, 0.1) is 18.9 Å². The van der Waals surface area contributed by atoms with Gasteiger partial charge in [0.2, 0.25) is 0 Å². The van der Waals surface area contributed by atoms with Crippen LogP contribution in [-0.4, -0.2) is 23.2 Å². The number of ether oxygens (including phenoxy) is 2. The first-order chi connectivity index (χ1) is 9.22. The topological polar surface area (TPSA) is 44.2 Å². The van der Waals surface area contributed by atoms with Gasteiger partial charge in [0.15, 0.2) is 11.5 Å². The van der Waals surface area contributed by atoms with Crippen LogP contribution in [0.1, 0.15) is 12.2 Å². The molecule has 1 aliphatic rings. The summed E-state index contributed by atoms with van der Waals surface area (Å²) in [7, 11) is 0. The first kappa shape index (κ1) is 12.2. The SMILES string of the molecule is Cc1nc(Cl)cc(-c2ccc3c(c2)OCCCO3)n1. The number of hydrogen-bond acceptors (Lipinski definition) is 4. The van der Waals surface area contributed by atoms with E-state index in [1.54, 1.807) is 6.07 Å². The standard InChI is InChI=1S/C14H13ClN2O2/c1-9-16-11(8-14(15)17-9)10-3-4-12-13(7-10)19-6-2-5-18-12/h3-4,7-8H,2,5-6H2,1H3. The number of hydrogen-bond donors (Lipinski definition) is 0. The average molecular weight is 277 g/mol. The summed E-state index contributed by atoms with van der Waals surface area (Å²) in [6.07, 6.45) is 0.891. The Morgan fingerprint density at radius 3 is 2.63 bits per heavy atom. The molecule has 98 valence electrons. The number of nitrogens with zero attached hydrogens (tertiary/aromatic N) is 2. The van der Waals surface area contributed by atoms with Gasteiger partial charge >= 0.3 is 0 Å². The lowest BCUT2D eigenvalue weighted by molar-refractivity contribution is 0.297. The van der Waals surface area contributed by atoms with Gasteiger partial charge in [-0.15, -0.1) is 0 Å². The lowest BCUT2D eigenvalue weighted by Gasteiger charge is -2.09. The molecular formula is C14H13ClN2O2. The van der Waals surface area contributed by atoms with Crippen molar-refractivity contribution in [2.45, 2.75) is 13.3 Å². The second-order valence-electron chi connectivity index (χ2n) is 4.34. The van der Waals surface area contributed by atoms with Crippen LogP contribution in [0.3, 0.4) is 0 Å². The first-order valence-corrected chi connectivity index (χ1v) is 6.51. The van der Waals surface area contributed by atoms with Crippen LogP contribution in [0, 0.1) is 6.92 Å². The summed E-state index contributed by atoms with van der Waals surface area (Å²) in [6, 6.07) is 7.53. The van der Waals surface area contributed by atoms with Gasteiger partial charge < -0.3 is 9.47 Å². The zero-order chi connectivity index (χ0) is 13.2. The van der Waals surface area contributed by atoms with Crippen molar-refractivity contribution in [1.29, 1.82) is 0 Å². The Morgan fingerprint density at radius 2 is 1.84 bits per heavy atom. The Hall–Kier alpha value is -1.81. The predicted molar refractivity (Wildman–Crippen MR) is 72.8 cm³/mol. The molecule has 0 saturated heterocycles. The Labute approximate surface area is 116 Å². The third-order valence-corrected chi connectivity index (χ3v) is 3.04. The summed E-state index contributed by atoms with van der Waals surface area (Å²) in [5, 5.41) is 0.439. The van der Waals surface area contributed by atoms with E-state index in [0.29, 0.717) is 24.2 Å². The van der Waals surface area contributed by atoms with Crippen molar-refractivity contribution in [2.24, 2.45) is 0 Å². The monoisotopic (exact) mass is 276 g/mol. The summed E-state index contributed by atoms with van der Waals surface area (Å²) in [4.78, 5) is 8.45. The molecule has 2 aromatic rings. The average Bonchev–Trinajstić information content (AvgIpc) is 2.61. The van der Waals surface area contributed by atoms with Gasteiger partial charge in [-0.1, -0.05) is 11.6 Å². The normalized spacial score (nSPS) is 14.0. The van der Waals surface area contributed by atoms with Crippen molar-refractivity contribution >= 4 is 11.6 Å². The number of benzene rings is 1. The summed E-state index contributed by atoms with van der Waals surface area (Å²) in [5.41, 5.74) is 1.73. The third kappa shape index (κ3) is 2.63. The second-order valence-corrected chi connectivity index (χ2v) is 4.72. The van der Waals surface area contributed by atoms with E-state index in [0.717, 1.165) is 29.2 Å². The molecule has 4 nitrogen and oxygen atoms in total. The van der Waals surface area contributed by atoms with Crippen molar-refractivity contribution in [3.63, 3.8) is 0 Å². The molecule has 1 aromatic heterocycles. The van der Waals surface area contributed by atoms with E-state index >= 15 is 0 Å². The molecule has 0 N–H and O–H groups in total. The highest BCUT2D eigenvalue weighted by Gasteiger charge is 2.12. The van der Waals surface area contributed by atoms with Crippen LogP contribution in [0.2, 0.25) is 5.15 Å². The van der Waals surface area contributed by atoms with E-state index in [4.69, 9.17) is 21.1 Å². The molecular weight excluding hydrogens is 264 g/mol. The van der Waals surface area contributed by atoms with Crippen LogP contribution in [0.4, 0.5) is 0 Å². The predicted octanol–water partition coefficient (Wildman–Crippen LogP) is 3.27. The van der Waals surface area contributed by atoms with E-state index in [2.05, 4.69) is 9.97 Å². The molecule has 3 rings (SSSR count). The minimum atomic E-state index is 0.439. The van der Waals surface area contributed by atoms with Crippen molar-refractivity contribution in [1.82, 2.24) is 9.97 Å². The maximum atomic E-state index is 5.96. The second kappa shape index (κ2) is 5.05. The Morgan fingerprint density at radius 1 is 1.05 bits per heavy atom. The van der Waals surface area contributed by atoms with Crippen molar-refractivity contribution in [3.8, 4) is 22.8 Å². The van der Waals surface area contributed by atoms with Gasteiger partial charge in [0.1, 0.15) is 11.0 Å². The van der Waals surface area contributed by atoms with E-state index < -0.39 is 0 Å². The molecule has 2 heterocycles. The summed E-state index contributed by atoms with van der Waals surface area (Å²) >= 11 is 5.96. The minimum absolute atomic E-state index is 0.439. The smallest absolute Gasteiger partial charge is 0.161 e. The first-order valence-electron chi connectivity index (χ1n) is 6.13. The molecule has 0 spiro atoms. The fraction of sp³-hybridized carbons (Fsp3) is 0.286. The van der Waals surface area contributed by atoms with Gasteiger partial charge in [0.25, 0.3) is 0 Å². The maximum Gasteiger partial charge on any atom is 0.161 e. The largest absolute Gasteiger partial charge is 0.490 e. The molecule has 5 heteroatoms. The van der Waals surface area contributed by atoms with Crippen LogP contribution in [0.5, 0.6) is 11.5 Å². The zero-order valence-corrected chi connectivity index (χ0v) is 11.3. The molecule has 0 fully saturated rings. The summed E-state index contributed by atoms with van der Waals surface area (Å²) in [6.45, 7) is 3.17. The maximum absolute atomic E-state index is 5.96. The number of halogens is 1. The van der Waals surface area contributed by atoms with E-state index in [1.807, 2.05) is 25.1 Å². The zero-order valence-electron chi connectivity index (χ0n) is 10.5. The number of aromatic nitrogens is 2. The lowest BCUT2D eigenvalue weighted by Crippen LogP contribution is -1.97.